The van der Waals surface area contributed by atoms with E-state index in [4.69, 9.17) is 5.73 Å². The highest BCUT2D eigenvalue weighted by atomic mass is 32.1. The Balaban J connectivity index is 1.80. The minimum atomic E-state index is 0.402. The number of imidazole rings is 1. The first-order chi connectivity index (χ1) is 8.24. The summed E-state index contributed by atoms with van der Waals surface area (Å²) in [5.74, 6) is 0. The molecule has 0 radical (unpaired) electrons. The van der Waals surface area contributed by atoms with Gasteiger partial charge in [-0.25, -0.2) is 4.98 Å². The highest BCUT2D eigenvalue weighted by Crippen LogP contribution is 2.19. The van der Waals surface area contributed by atoms with E-state index in [0.717, 1.165) is 43.1 Å². The van der Waals surface area contributed by atoms with E-state index in [1.165, 1.54) is 5.69 Å². The van der Waals surface area contributed by atoms with Crippen LogP contribution in [0.25, 0.3) is 4.96 Å². The van der Waals surface area contributed by atoms with Crippen molar-refractivity contribution in [2.24, 2.45) is 5.73 Å². The Bertz CT molecular complexity index is 508. The molecule has 0 bridgehead atoms. The van der Waals surface area contributed by atoms with Crippen LogP contribution in [-0.2, 0) is 6.54 Å². The van der Waals surface area contributed by atoms with Crippen LogP contribution < -0.4 is 5.73 Å². The molecule has 0 saturated carbocycles. The van der Waals surface area contributed by atoms with Gasteiger partial charge >= 0.3 is 0 Å². The maximum absolute atomic E-state index is 5.93. The van der Waals surface area contributed by atoms with E-state index >= 15 is 0 Å². The van der Waals surface area contributed by atoms with E-state index in [1.807, 2.05) is 0 Å². The number of fused-ring (bicyclic) bond motifs is 1. The Morgan fingerprint density at radius 1 is 1.47 bits per heavy atom. The first-order valence-electron chi connectivity index (χ1n) is 6.13. The number of aryl methyl sites for hydroxylation is 1. The summed E-state index contributed by atoms with van der Waals surface area (Å²) in [7, 11) is 0. The van der Waals surface area contributed by atoms with E-state index < -0.39 is 0 Å². The van der Waals surface area contributed by atoms with E-state index in [-0.39, 0.29) is 0 Å². The van der Waals surface area contributed by atoms with Crippen LogP contribution in [0.15, 0.2) is 11.6 Å². The number of aromatic nitrogens is 2. The summed E-state index contributed by atoms with van der Waals surface area (Å²) in [5, 5.41) is 2.09. The third kappa shape index (κ3) is 2.10. The van der Waals surface area contributed by atoms with Gasteiger partial charge in [-0.05, 0) is 19.8 Å². The molecule has 92 valence electrons. The topological polar surface area (TPSA) is 46.6 Å². The van der Waals surface area contributed by atoms with Gasteiger partial charge in [-0.3, -0.25) is 9.30 Å². The number of hydrogen-bond donors (Lipinski definition) is 1. The number of likely N-dealkylation sites (tertiary alicyclic amines) is 1. The maximum Gasteiger partial charge on any atom is 0.194 e. The molecule has 2 aromatic heterocycles. The summed E-state index contributed by atoms with van der Waals surface area (Å²) in [4.78, 5) is 8.17. The van der Waals surface area contributed by atoms with Crippen molar-refractivity contribution in [2.45, 2.75) is 32.4 Å². The van der Waals surface area contributed by atoms with Crippen molar-refractivity contribution in [1.82, 2.24) is 14.3 Å². The van der Waals surface area contributed by atoms with Crippen LogP contribution in [0.3, 0.4) is 0 Å². The molecular weight excluding hydrogens is 232 g/mol. The molecule has 2 N–H and O–H groups in total. The molecule has 2 aromatic rings. The Hall–Kier alpha value is -0.910. The number of rotatable bonds is 2. The lowest BCUT2D eigenvalue weighted by Gasteiger charge is -2.29. The monoisotopic (exact) mass is 250 g/mol. The molecule has 1 saturated heterocycles. The van der Waals surface area contributed by atoms with Crippen molar-refractivity contribution < 1.29 is 0 Å². The standard InChI is InChI=1S/C12H18N4S/c1-9-11(16-6-7-17-12(16)14-9)8-15-4-2-10(13)3-5-15/h6-7,10H,2-5,8,13H2,1H3. The molecule has 0 aromatic carbocycles. The van der Waals surface area contributed by atoms with Gasteiger partial charge < -0.3 is 5.73 Å². The van der Waals surface area contributed by atoms with E-state index in [1.54, 1.807) is 11.3 Å². The molecule has 1 aliphatic rings. The maximum atomic E-state index is 5.93. The Kier molecular flexibility index (Phi) is 2.90. The van der Waals surface area contributed by atoms with Crippen molar-refractivity contribution in [3.8, 4) is 0 Å². The van der Waals surface area contributed by atoms with Crippen LogP contribution in [-0.4, -0.2) is 33.4 Å². The highest BCUT2D eigenvalue weighted by Gasteiger charge is 2.18. The molecule has 0 amide bonds. The predicted molar refractivity (Wildman–Crippen MR) is 70.3 cm³/mol. The van der Waals surface area contributed by atoms with Crippen LogP contribution in [0, 0.1) is 6.92 Å². The van der Waals surface area contributed by atoms with Gasteiger partial charge in [0.25, 0.3) is 0 Å². The van der Waals surface area contributed by atoms with Crippen LogP contribution >= 0.6 is 11.3 Å². The van der Waals surface area contributed by atoms with Gasteiger partial charge in [-0.15, -0.1) is 11.3 Å². The fourth-order valence-corrected chi connectivity index (χ4v) is 3.23. The lowest BCUT2D eigenvalue weighted by molar-refractivity contribution is 0.203. The van der Waals surface area contributed by atoms with E-state index in [0.29, 0.717) is 6.04 Å². The second kappa shape index (κ2) is 4.40. The lowest BCUT2D eigenvalue weighted by Crippen LogP contribution is -2.39. The normalized spacial score (nSPS) is 19.2. The van der Waals surface area contributed by atoms with E-state index in [2.05, 4.69) is 32.8 Å². The van der Waals surface area contributed by atoms with Gasteiger partial charge in [0, 0.05) is 37.3 Å². The number of nitrogens with zero attached hydrogens (tertiary/aromatic N) is 3. The molecule has 3 rings (SSSR count). The van der Waals surface area contributed by atoms with Crippen LogP contribution in [0.5, 0.6) is 0 Å². The third-order valence-corrected chi connectivity index (χ3v) is 4.32. The second-order valence-electron chi connectivity index (χ2n) is 4.81. The minimum absolute atomic E-state index is 0.402. The zero-order valence-corrected chi connectivity index (χ0v) is 10.9. The van der Waals surface area contributed by atoms with Gasteiger partial charge in [0.1, 0.15) is 0 Å². The quantitative estimate of drug-likeness (QED) is 0.881. The van der Waals surface area contributed by atoms with Gasteiger partial charge in [0.15, 0.2) is 4.96 Å². The molecule has 5 heteroatoms. The van der Waals surface area contributed by atoms with Crippen LogP contribution in [0.1, 0.15) is 24.2 Å². The van der Waals surface area contributed by atoms with Crippen LogP contribution in [0.2, 0.25) is 0 Å². The molecule has 0 aliphatic carbocycles. The van der Waals surface area contributed by atoms with Crippen molar-refractivity contribution in [3.63, 3.8) is 0 Å². The summed E-state index contributed by atoms with van der Waals surface area (Å²) >= 11 is 1.70. The van der Waals surface area contributed by atoms with Gasteiger partial charge in [0.05, 0.1) is 11.4 Å². The zero-order chi connectivity index (χ0) is 11.8. The van der Waals surface area contributed by atoms with Gasteiger partial charge in [0.2, 0.25) is 0 Å². The molecule has 1 aliphatic heterocycles. The smallest absolute Gasteiger partial charge is 0.194 e. The van der Waals surface area contributed by atoms with Crippen LogP contribution in [0.4, 0.5) is 0 Å². The van der Waals surface area contributed by atoms with Gasteiger partial charge in [-0.2, -0.15) is 0 Å². The van der Waals surface area contributed by atoms with Crippen molar-refractivity contribution in [1.29, 1.82) is 0 Å². The SMILES string of the molecule is Cc1nc2sccn2c1CN1CCC(N)CC1. The predicted octanol–water partition coefficient (Wildman–Crippen LogP) is 1.63. The summed E-state index contributed by atoms with van der Waals surface area (Å²) in [6.45, 7) is 5.32. The average Bonchev–Trinajstić information content (AvgIpc) is 2.85. The van der Waals surface area contributed by atoms with Gasteiger partial charge in [-0.1, -0.05) is 0 Å². The number of nitrogens with two attached hydrogens (primary N) is 1. The third-order valence-electron chi connectivity index (χ3n) is 3.57. The zero-order valence-electron chi connectivity index (χ0n) is 10.1. The molecule has 0 unspecified atom stereocenters. The van der Waals surface area contributed by atoms with Crippen molar-refractivity contribution in [2.75, 3.05) is 13.1 Å². The molecule has 0 spiro atoms. The first-order valence-corrected chi connectivity index (χ1v) is 7.01. The Morgan fingerprint density at radius 3 is 3.00 bits per heavy atom. The molecule has 4 nitrogen and oxygen atoms in total. The molecule has 17 heavy (non-hydrogen) atoms. The molecule has 1 fully saturated rings. The molecule has 3 heterocycles. The first kappa shape index (κ1) is 11.2. The average molecular weight is 250 g/mol. The largest absolute Gasteiger partial charge is 0.328 e. The summed E-state index contributed by atoms with van der Waals surface area (Å²) in [6.07, 6.45) is 4.35. The summed E-state index contributed by atoms with van der Waals surface area (Å²) < 4.78 is 2.22. The summed E-state index contributed by atoms with van der Waals surface area (Å²) in [5.41, 5.74) is 8.42. The second-order valence-corrected chi connectivity index (χ2v) is 5.69. The minimum Gasteiger partial charge on any atom is -0.328 e. The fourth-order valence-electron chi connectivity index (χ4n) is 2.45. The summed E-state index contributed by atoms with van der Waals surface area (Å²) in [6, 6.07) is 0.402. The Morgan fingerprint density at radius 2 is 2.24 bits per heavy atom. The fraction of sp³-hybridized carbons (Fsp3) is 0.583. The van der Waals surface area contributed by atoms with Crippen molar-refractivity contribution >= 4 is 16.3 Å². The number of thiazole rings is 1. The van der Waals surface area contributed by atoms with E-state index in [9.17, 15) is 0 Å². The molecular formula is C12H18N4S. The number of piperidine rings is 1. The highest BCUT2D eigenvalue weighted by molar-refractivity contribution is 7.15. The van der Waals surface area contributed by atoms with Crippen molar-refractivity contribution in [3.05, 3.63) is 23.0 Å². The lowest BCUT2D eigenvalue weighted by atomic mass is 10.1. The molecule has 0 atom stereocenters. The number of hydrogen-bond acceptors (Lipinski definition) is 4. The Labute approximate surface area is 105 Å².